The second kappa shape index (κ2) is 9.96. The predicted molar refractivity (Wildman–Crippen MR) is 149 cm³/mol. The van der Waals surface area contributed by atoms with Crippen LogP contribution in [0, 0.1) is 19.3 Å². The van der Waals surface area contributed by atoms with E-state index in [1.165, 1.54) is 6.07 Å². The fourth-order valence-corrected chi connectivity index (χ4v) is 5.71. The third-order valence-corrected chi connectivity index (χ3v) is 7.95. The van der Waals surface area contributed by atoms with Crippen LogP contribution in [0.25, 0.3) is 11.0 Å². The van der Waals surface area contributed by atoms with Gasteiger partial charge in [0.25, 0.3) is 0 Å². The molecule has 39 heavy (non-hydrogen) atoms. The van der Waals surface area contributed by atoms with Crippen molar-refractivity contribution in [2.24, 2.45) is 12.5 Å². The van der Waals surface area contributed by atoms with Gasteiger partial charge in [-0.15, -0.1) is 5.10 Å². The minimum absolute atomic E-state index is 0.0549. The first-order chi connectivity index (χ1) is 18.5. The number of ether oxygens (including phenoxy) is 1. The standard InChI is InChI=1S/C30H35N5O4/c1-17-7-8-20(13-21(17)15-35-14-18(2)39-25-11-12-26(36)31-23(25)16-35)27(30(4,5)29(37)38)22-9-10-24-28(19(22)3)32-33-34(24)6/h7-13,18,27H,14-16H2,1-6H3,(H,31,36)(H,37,38)/t18-,27?/m0/s1. The van der Waals surface area contributed by atoms with E-state index in [9.17, 15) is 14.7 Å². The lowest BCUT2D eigenvalue weighted by molar-refractivity contribution is -0.147. The highest BCUT2D eigenvalue weighted by Crippen LogP contribution is 2.44. The molecule has 0 aliphatic carbocycles. The quantitative estimate of drug-likeness (QED) is 0.383. The van der Waals surface area contributed by atoms with E-state index >= 15 is 0 Å². The molecule has 2 atom stereocenters. The Balaban J connectivity index is 1.56. The van der Waals surface area contributed by atoms with Gasteiger partial charge < -0.3 is 14.8 Å². The number of rotatable bonds is 6. The number of H-pyrrole nitrogens is 1. The molecule has 0 amide bonds. The van der Waals surface area contributed by atoms with E-state index in [1.807, 2.05) is 39.1 Å². The minimum atomic E-state index is -1.09. The van der Waals surface area contributed by atoms with Gasteiger partial charge >= 0.3 is 5.97 Å². The maximum Gasteiger partial charge on any atom is 0.310 e. The Morgan fingerprint density at radius 2 is 1.97 bits per heavy atom. The van der Waals surface area contributed by atoms with E-state index in [0.717, 1.165) is 44.5 Å². The molecular weight excluding hydrogens is 494 g/mol. The van der Waals surface area contributed by atoms with E-state index in [4.69, 9.17) is 4.74 Å². The van der Waals surface area contributed by atoms with Crippen LogP contribution < -0.4 is 10.3 Å². The lowest BCUT2D eigenvalue weighted by Crippen LogP contribution is -2.33. The number of aromatic amines is 1. The number of pyridine rings is 1. The average molecular weight is 530 g/mol. The maximum absolute atomic E-state index is 12.6. The molecule has 2 N–H and O–H groups in total. The van der Waals surface area contributed by atoms with E-state index in [-0.39, 0.29) is 11.7 Å². The van der Waals surface area contributed by atoms with Crippen LogP contribution in [0.15, 0.2) is 47.3 Å². The van der Waals surface area contributed by atoms with Crippen LogP contribution in [-0.2, 0) is 24.9 Å². The van der Waals surface area contributed by atoms with Gasteiger partial charge in [0, 0.05) is 38.7 Å². The summed E-state index contributed by atoms with van der Waals surface area (Å²) in [7, 11) is 1.85. The van der Waals surface area contributed by atoms with Crippen LogP contribution in [0.1, 0.15) is 60.2 Å². The molecule has 1 aliphatic heterocycles. The van der Waals surface area contributed by atoms with Gasteiger partial charge in [-0.2, -0.15) is 0 Å². The van der Waals surface area contributed by atoms with Crippen molar-refractivity contribution in [2.45, 2.75) is 59.7 Å². The first-order valence-corrected chi connectivity index (χ1v) is 13.2. The number of aliphatic carboxylic acids is 1. The van der Waals surface area contributed by atoms with Crippen molar-refractivity contribution >= 4 is 17.0 Å². The SMILES string of the molecule is Cc1ccc(C(c2ccc3c(nnn3C)c2C)C(C)(C)C(=O)O)cc1CN1Cc2[nH]c(=O)ccc2O[C@@H](C)C1. The van der Waals surface area contributed by atoms with Crippen LogP contribution in [0.4, 0.5) is 0 Å². The number of nitrogens with zero attached hydrogens (tertiary/aromatic N) is 4. The highest BCUT2D eigenvalue weighted by molar-refractivity contribution is 5.81. The Bertz CT molecular complexity index is 1620. The highest BCUT2D eigenvalue weighted by Gasteiger charge is 2.40. The van der Waals surface area contributed by atoms with Crippen LogP contribution in [0.5, 0.6) is 5.75 Å². The molecule has 204 valence electrons. The van der Waals surface area contributed by atoms with Crippen molar-refractivity contribution in [3.63, 3.8) is 0 Å². The molecule has 1 aliphatic rings. The summed E-state index contributed by atoms with van der Waals surface area (Å²) in [4.78, 5) is 29.8. The Morgan fingerprint density at radius 1 is 1.21 bits per heavy atom. The molecular formula is C30H35N5O4. The van der Waals surface area contributed by atoms with E-state index in [0.29, 0.717) is 25.4 Å². The van der Waals surface area contributed by atoms with E-state index in [2.05, 4.69) is 39.3 Å². The van der Waals surface area contributed by atoms with Gasteiger partial charge in [-0.3, -0.25) is 14.5 Å². The monoisotopic (exact) mass is 529 g/mol. The molecule has 9 heteroatoms. The van der Waals surface area contributed by atoms with Crippen molar-refractivity contribution in [3.8, 4) is 5.75 Å². The Labute approximate surface area is 227 Å². The van der Waals surface area contributed by atoms with E-state index < -0.39 is 17.3 Å². The van der Waals surface area contributed by atoms with Crippen LogP contribution in [-0.4, -0.2) is 48.6 Å². The second-order valence-corrected chi connectivity index (χ2v) is 11.3. The summed E-state index contributed by atoms with van der Waals surface area (Å²) in [5.41, 5.74) is 6.21. The Kier molecular flexibility index (Phi) is 6.80. The lowest BCUT2D eigenvalue weighted by atomic mass is 9.69. The number of carboxylic acid groups (broad SMARTS) is 1. The molecule has 9 nitrogen and oxygen atoms in total. The molecule has 3 heterocycles. The summed E-state index contributed by atoms with van der Waals surface area (Å²) in [6.07, 6.45) is -0.0549. The molecule has 1 unspecified atom stereocenters. The molecule has 0 saturated carbocycles. The van der Waals surface area contributed by atoms with Gasteiger partial charge in [0.15, 0.2) is 0 Å². The summed E-state index contributed by atoms with van der Waals surface area (Å²) in [6.45, 7) is 11.5. The third kappa shape index (κ3) is 4.94. The smallest absolute Gasteiger partial charge is 0.310 e. The molecule has 0 fully saturated rings. The number of fused-ring (bicyclic) bond motifs is 2. The fraction of sp³-hybridized carbons (Fsp3) is 0.400. The molecule has 2 aromatic carbocycles. The number of benzene rings is 2. The number of aryl methyl sites for hydroxylation is 3. The Morgan fingerprint density at radius 3 is 2.72 bits per heavy atom. The highest BCUT2D eigenvalue weighted by atomic mass is 16.5. The van der Waals surface area contributed by atoms with Crippen LogP contribution in [0.3, 0.4) is 0 Å². The zero-order valence-electron chi connectivity index (χ0n) is 23.3. The number of nitrogens with one attached hydrogen (secondary N) is 1. The first-order valence-electron chi connectivity index (χ1n) is 13.2. The summed E-state index contributed by atoms with van der Waals surface area (Å²) in [5, 5.41) is 18.8. The number of carbonyl (C=O) groups is 1. The summed E-state index contributed by atoms with van der Waals surface area (Å²) >= 11 is 0. The molecule has 0 saturated heterocycles. The summed E-state index contributed by atoms with van der Waals surface area (Å²) < 4.78 is 7.79. The number of hydrogen-bond acceptors (Lipinski definition) is 6. The first kappa shape index (κ1) is 26.6. The van der Waals surface area contributed by atoms with Gasteiger partial charge in [-0.1, -0.05) is 29.5 Å². The normalized spacial score (nSPS) is 16.9. The van der Waals surface area contributed by atoms with Crippen molar-refractivity contribution in [1.82, 2.24) is 24.9 Å². The van der Waals surface area contributed by atoms with E-state index in [1.54, 1.807) is 24.6 Å². The molecule has 0 bridgehead atoms. The van der Waals surface area contributed by atoms with Crippen molar-refractivity contribution < 1.29 is 14.6 Å². The number of hydrogen-bond donors (Lipinski definition) is 2. The van der Waals surface area contributed by atoms with Crippen LogP contribution >= 0.6 is 0 Å². The Hall–Kier alpha value is -3.98. The van der Waals surface area contributed by atoms with Crippen molar-refractivity contribution in [1.29, 1.82) is 0 Å². The topological polar surface area (TPSA) is 113 Å². The number of carboxylic acids is 1. The van der Waals surface area contributed by atoms with Crippen LogP contribution in [0.2, 0.25) is 0 Å². The van der Waals surface area contributed by atoms with Gasteiger partial charge in [0.1, 0.15) is 17.4 Å². The van der Waals surface area contributed by atoms with Crippen molar-refractivity contribution in [2.75, 3.05) is 6.54 Å². The predicted octanol–water partition coefficient (Wildman–Crippen LogP) is 4.30. The summed E-state index contributed by atoms with van der Waals surface area (Å²) in [5.74, 6) is -0.579. The van der Waals surface area contributed by atoms with Gasteiger partial charge in [0.2, 0.25) is 5.56 Å². The maximum atomic E-state index is 12.6. The lowest BCUT2D eigenvalue weighted by Gasteiger charge is -2.33. The summed E-state index contributed by atoms with van der Waals surface area (Å²) in [6, 6.07) is 13.4. The van der Waals surface area contributed by atoms with Crippen molar-refractivity contribution in [3.05, 3.63) is 86.3 Å². The second-order valence-electron chi connectivity index (χ2n) is 11.3. The fourth-order valence-electron chi connectivity index (χ4n) is 5.71. The molecule has 0 spiro atoms. The molecule has 5 rings (SSSR count). The molecule has 0 radical (unpaired) electrons. The minimum Gasteiger partial charge on any atom is -0.488 e. The third-order valence-electron chi connectivity index (χ3n) is 7.95. The average Bonchev–Trinajstić information content (AvgIpc) is 3.17. The zero-order valence-corrected chi connectivity index (χ0v) is 23.3. The van der Waals surface area contributed by atoms with Gasteiger partial charge in [-0.25, -0.2) is 4.68 Å². The zero-order chi connectivity index (χ0) is 28.1. The number of aromatic nitrogens is 4. The largest absolute Gasteiger partial charge is 0.488 e. The van der Waals surface area contributed by atoms with Gasteiger partial charge in [0.05, 0.1) is 16.6 Å². The van der Waals surface area contributed by atoms with Gasteiger partial charge in [-0.05, 0) is 74.6 Å². The molecule has 2 aromatic heterocycles. The molecule has 4 aromatic rings.